The average Bonchev–Trinajstić information content (AvgIpc) is 3.15. The fraction of sp³-hybridized carbons (Fsp3) is 0.421. The lowest BCUT2D eigenvalue weighted by molar-refractivity contribution is -0.116. The molecule has 0 unspecified atom stereocenters. The van der Waals surface area contributed by atoms with E-state index in [0.29, 0.717) is 18.0 Å². The summed E-state index contributed by atoms with van der Waals surface area (Å²) >= 11 is 7.53. The molecule has 0 saturated carbocycles. The van der Waals surface area contributed by atoms with Crippen LogP contribution in [0.5, 0.6) is 0 Å². The first-order chi connectivity index (χ1) is 12.6. The van der Waals surface area contributed by atoms with E-state index < -0.39 is 5.82 Å². The van der Waals surface area contributed by atoms with Crippen LogP contribution < -0.4 is 5.32 Å². The van der Waals surface area contributed by atoms with E-state index in [1.165, 1.54) is 17.0 Å². The fourth-order valence-corrected chi connectivity index (χ4v) is 3.88. The molecule has 0 aliphatic carbocycles. The quantitative estimate of drug-likeness (QED) is 0.775. The number of piperazine rings is 1. The SMILES string of the molecule is O=C(CCN1CCN(CCc2cccs2)CC1)Nc1ccc(Cl)cc1F. The Bertz CT molecular complexity index is 718. The summed E-state index contributed by atoms with van der Waals surface area (Å²) in [5.41, 5.74) is 0.179. The normalized spacial score (nSPS) is 15.9. The van der Waals surface area contributed by atoms with Crippen LogP contribution in [0.3, 0.4) is 0 Å². The molecule has 1 N–H and O–H groups in total. The third-order valence-electron chi connectivity index (χ3n) is 4.58. The molecular formula is C19H23ClFN3OS. The molecule has 3 rings (SSSR count). The van der Waals surface area contributed by atoms with Crippen molar-refractivity contribution in [1.82, 2.24) is 9.80 Å². The molecule has 2 heterocycles. The lowest BCUT2D eigenvalue weighted by Crippen LogP contribution is -2.47. The predicted molar refractivity (Wildman–Crippen MR) is 106 cm³/mol. The molecule has 1 aliphatic rings. The number of carbonyl (C=O) groups excluding carboxylic acids is 1. The number of nitrogens with one attached hydrogen (secondary N) is 1. The Morgan fingerprint density at radius 2 is 1.88 bits per heavy atom. The van der Waals surface area contributed by atoms with Crippen LogP contribution in [0, 0.1) is 5.82 Å². The van der Waals surface area contributed by atoms with Gasteiger partial charge in [0.1, 0.15) is 5.82 Å². The standard InChI is InChI=1S/C19H23ClFN3OS/c20-15-3-4-18(17(21)14-15)22-19(25)6-8-24-11-9-23(10-12-24)7-5-16-2-1-13-26-16/h1-4,13-14H,5-12H2,(H,22,25). The highest BCUT2D eigenvalue weighted by atomic mass is 35.5. The van der Waals surface area contributed by atoms with E-state index in [1.807, 2.05) is 11.3 Å². The fourth-order valence-electron chi connectivity index (χ4n) is 3.02. The van der Waals surface area contributed by atoms with E-state index in [2.05, 4.69) is 32.6 Å². The zero-order chi connectivity index (χ0) is 18.4. The number of amides is 1. The number of hydrogen-bond donors (Lipinski definition) is 1. The second-order valence-electron chi connectivity index (χ2n) is 6.43. The molecule has 7 heteroatoms. The van der Waals surface area contributed by atoms with Crippen molar-refractivity contribution in [2.24, 2.45) is 0 Å². The monoisotopic (exact) mass is 395 g/mol. The molecule has 26 heavy (non-hydrogen) atoms. The zero-order valence-electron chi connectivity index (χ0n) is 14.6. The summed E-state index contributed by atoms with van der Waals surface area (Å²) in [7, 11) is 0. The minimum absolute atomic E-state index is 0.175. The van der Waals surface area contributed by atoms with E-state index in [4.69, 9.17) is 11.6 Å². The van der Waals surface area contributed by atoms with Crippen molar-refractivity contribution in [3.05, 3.63) is 51.4 Å². The van der Waals surface area contributed by atoms with Gasteiger partial charge in [-0.15, -0.1) is 11.3 Å². The largest absolute Gasteiger partial charge is 0.324 e. The average molecular weight is 396 g/mol. The molecule has 0 atom stereocenters. The van der Waals surface area contributed by atoms with Gasteiger partial charge in [0, 0.05) is 55.6 Å². The van der Waals surface area contributed by atoms with Crippen molar-refractivity contribution in [1.29, 1.82) is 0 Å². The molecule has 1 amide bonds. The Kier molecular flexibility index (Phi) is 7.02. The van der Waals surface area contributed by atoms with E-state index in [1.54, 1.807) is 6.07 Å². The van der Waals surface area contributed by atoms with Crippen molar-refractivity contribution < 1.29 is 9.18 Å². The van der Waals surface area contributed by atoms with Crippen LogP contribution in [0.1, 0.15) is 11.3 Å². The Morgan fingerprint density at radius 3 is 2.54 bits per heavy atom. The van der Waals surface area contributed by atoms with E-state index >= 15 is 0 Å². The number of nitrogens with zero attached hydrogens (tertiary/aromatic N) is 2. The van der Waals surface area contributed by atoms with Crippen LogP contribution in [-0.4, -0.2) is 55.0 Å². The van der Waals surface area contributed by atoms with Crippen LogP contribution in [-0.2, 0) is 11.2 Å². The molecule has 140 valence electrons. The molecule has 4 nitrogen and oxygen atoms in total. The van der Waals surface area contributed by atoms with Crippen molar-refractivity contribution >= 4 is 34.5 Å². The third-order valence-corrected chi connectivity index (χ3v) is 5.75. The zero-order valence-corrected chi connectivity index (χ0v) is 16.2. The molecule has 1 aromatic heterocycles. The lowest BCUT2D eigenvalue weighted by Gasteiger charge is -2.34. The van der Waals surface area contributed by atoms with Gasteiger partial charge in [-0.1, -0.05) is 17.7 Å². The molecule has 0 radical (unpaired) electrons. The first kappa shape index (κ1) is 19.3. The van der Waals surface area contributed by atoms with Gasteiger partial charge in [0.2, 0.25) is 5.91 Å². The smallest absolute Gasteiger partial charge is 0.225 e. The van der Waals surface area contributed by atoms with Crippen LogP contribution in [0.25, 0.3) is 0 Å². The molecule has 0 bridgehead atoms. The summed E-state index contributed by atoms with van der Waals surface area (Å²) in [5.74, 6) is -0.684. The molecular weight excluding hydrogens is 373 g/mol. The topological polar surface area (TPSA) is 35.6 Å². The number of benzene rings is 1. The van der Waals surface area contributed by atoms with E-state index in [0.717, 1.165) is 39.1 Å². The highest BCUT2D eigenvalue weighted by Gasteiger charge is 2.17. The van der Waals surface area contributed by atoms with Gasteiger partial charge in [-0.25, -0.2) is 4.39 Å². The number of anilines is 1. The second-order valence-corrected chi connectivity index (χ2v) is 7.90. The van der Waals surface area contributed by atoms with Gasteiger partial charge in [0.15, 0.2) is 0 Å². The number of halogens is 2. The summed E-state index contributed by atoms with van der Waals surface area (Å²) in [4.78, 5) is 18.2. The number of carbonyl (C=O) groups is 1. The first-order valence-corrected chi connectivity index (χ1v) is 10.1. The van der Waals surface area contributed by atoms with Crippen LogP contribution in [0.4, 0.5) is 10.1 Å². The lowest BCUT2D eigenvalue weighted by atomic mass is 10.2. The maximum Gasteiger partial charge on any atom is 0.225 e. The molecule has 1 fully saturated rings. The van der Waals surface area contributed by atoms with Gasteiger partial charge in [0.05, 0.1) is 5.69 Å². The van der Waals surface area contributed by atoms with Crippen LogP contribution in [0.2, 0.25) is 5.02 Å². The third kappa shape index (κ3) is 5.77. The van der Waals surface area contributed by atoms with Crippen LogP contribution >= 0.6 is 22.9 Å². The van der Waals surface area contributed by atoms with Crippen molar-refractivity contribution in [3.63, 3.8) is 0 Å². The summed E-state index contributed by atoms with van der Waals surface area (Å²) in [5, 5.41) is 5.05. The van der Waals surface area contributed by atoms with Gasteiger partial charge in [-0.3, -0.25) is 4.79 Å². The van der Waals surface area contributed by atoms with Gasteiger partial charge in [-0.2, -0.15) is 0 Å². The van der Waals surface area contributed by atoms with E-state index in [9.17, 15) is 9.18 Å². The maximum atomic E-state index is 13.7. The highest BCUT2D eigenvalue weighted by molar-refractivity contribution is 7.09. The maximum absolute atomic E-state index is 13.7. The van der Waals surface area contributed by atoms with E-state index in [-0.39, 0.29) is 11.6 Å². The highest BCUT2D eigenvalue weighted by Crippen LogP contribution is 2.19. The van der Waals surface area contributed by atoms with Crippen molar-refractivity contribution in [3.8, 4) is 0 Å². The van der Waals surface area contributed by atoms with Crippen molar-refractivity contribution in [2.75, 3.05) is 44.6 Å². The number of rotatable bonds is 7. The predicted octanol–water partition coefficient (Wildman–Crippen LogP) is 3.73. The molecule has 2 aromatic rings. The Hall–Kier alpha value is -1.47. The molecule has 1 saturated heterocycles. The second kappa shape index (κ2) is 9.46. The Labute approximate surface area is 162 Å². The summed E-state index contributed by atoms with van der Waals surface area (Å²) in [6.45, 7) is 5.77. The first-order valence-electron chi connectivity index (χ1n) is 8.82. The Balaban J connectivity index is 1.34. The summed E-state index contributed by atoms with van der Waals surface area (Å²) < 4.78 is 13.7. The van der Waals surface area contributed by atoms with Gasteiger partial charge < -0.3 is 15.1 Å². The van der Waals surface area contributed by atoms with Gasteiger partial charge >= 0.3 is 0 Å². The van der Waals surface area contributed by atoms with Crippen molar-refractivity contribution in [2.45, 2.75) is 12.8 Å². The number of thiophene rings is 1. The molecule has 1 aromatic carbocycles. The molecule has 0 spiro atoms. The van der Waals surface area contributed by atoms with Gasteiger partial charge in [0.25, 0.3) is 0 Å². The molecule has 1 aliphatic heterocycles. The Morgan fingerprint density at radius 1 is 1.15 bits per heavy atom. The summed E-state index contributed by atoms with van der Waals surface area (Å²) in [6, 6.07) is 8.53. The minimum Gasteiger partial charge on any atom is -0.324 e. The number of hydrogen-bond acceptors (Lipinski definition) is 4. The van der Waals surface area contributed by atoms with Crippen LogP contribution in [0.15, 0.2) is 35.7 Å². The minimum atomic E-state index is -0.509. The van der Waals surface area contributed by atoms with Gasteiger partial charge in [-0.05, 0) is 36.1 Å². The summed E-state index contributed by atoms with van der Waals surface area (Å²) in [6.07, 6.45) is 1.46.